The molecule has 0 aromatic heterocycles. The molecule has 11 heavy (non-hydrogen) atoms. The molecule has 1 nitrogen and oxygen atoms in total. The molecule has 0 aliphatic heterocycles. The van der Waals surface area contributed by atoms with Crippen LogP contribution in [-0.4, -0.2) is 5.78 Å². The minimum absolute atomic E-state index is 0.425. The van der Waals surface area contributed by atoms with E-state index in [0.29, 0.717) is 5.78 Å². The quantitative estimate of drug-likeness (QED) is 0.484. The van der Waals surface area contributed by atoms with E-state index in [1.165, 1.54) is 0 Å². The lowest BCUT2D eigenvalue weighted by Crippen LogP contribution is -1.97. The average Bonchev–Trinajstić information content (AvgIpc) is 2.03. The topological polar surface area (TPSA) is 17.1 Å². The van der Waals surface area contributed by atoms with Crippen molar-refractivity contribution in [3.8, 4) is 11.8 Å². The zero-order valence-corrected chi connectivity index (χ0v) is 6.86. The van der Waals surface area contributed by atoms with Crippen molar-refractivity contribution in [1.82, 2.24) is 0 Å². The minimum atomic E-state index is 0.425. The van der Waals surface area contributed by atoms with Crippen molar-refractivity contribution in [3.05, 3.63) is 0 Å². The molecule has 1 rings (SSSR count). The molecule has 1 heteroatoms. The van der Waals surface area contributed by atoms with Crippen LogP contribution >= 0.6 is 0 Å². The van der Waals surface area contributed by atoms with Gasteiger partial charge in [0.05, 0.1) is 0 Å². The van der Waals surface area contributed by atoms with Crippen LogP contribution in [0.5, 0.6) is 0 Å². The van der Waals surface area contributed by atoms with Crippen LogP contribution in [0.3, 0.4) is 0 Å². The van der Waals surface area contributed by atoms with Crippen molar-refractivity contribution < 1.29 is 4.79 Å². The van der Waals surface area contributed by atoms with Gasteiger partial charge in [0.25, 0.3) is 0 Å². The molecule has 0 saturated heterocycles. The van der Waals surface area contributed by atoms with E-state index in [9.17, 15) is 4.79 Å². The van der Waals surface area contributed by atoms with E-state index in [4.69, 9.17) is 0 Å². The summed E-state index contributed by atoms with van der Waals surface area (Å²) in [5, 5.41) is 0. The van der Waals surface area contributed by atoms with E-state index >= 15 is 0 Å². The van der Waals surface area contributed by atoms with Gasteiger partial charge in [0.1, 0.15) is 5.78 Å². The van der Waals surface area contributed by atoms with Crippen LogP contribution in [0.1, 0.15) is 44.9 Å². The summed E-state index contributed by atoms with van der Waals surface area (Å²) in [7, 11) is 0. The van der Waals surface area contributed by atoms with Gasteiger partial charge in [0.2, 0.25) is 0 Å². The lowest BCUT2D eigenvalue weighted by Gasteiger charge is -1.99. The second-order valence-corrected chi connectivity index (χ2v) is 2.95. The lowest BCUT2D eigenvalue weighted by molar-refractivity contribution is -0.119. The molecule has 0 atom stereocenters. The Hall–Kier alpha value is -0.770. The van der Waals surface area contributed by atoms with Crippen LogP contribution in [-0.2, 0) is 4.79 Å². The Morgan fingerprint density at radius 1 is 0.909 bits per heavy atom. The highest BCUT2D eigenvalue weighted by atomic mass is 16.1. The van der Waals surface area contributed by atoms with Crippen molar-refractivity contribution in [2.24, 2.45) is 0 Å². The minimum Gasteiger partial charge on any atom is -0.300 e. The first-order valence-corrected chi connectivity index (χ1v) is 4.37. The van der Waals surface area contributed by atoms with E-state index in [-0.39, 0.29) is 0 Å². The SMILES string of the molecule is O=C1CCCC#CCCCC1. The van der Waals surface area contributed by atoms with E-state index in [2.05, 4.69) is 11.8 Å². The third-order valence-corrected chi connectivity index (χ3v) is 1.89. The molecule has 0 unspecified atom stereocenters. The van der Waals surface area contributed by atoms with Crippen LogP contribution in [0, 0.1) is 11.8 Å². The number of rotatable bonds is 0. The number of carbonyl (C=O) groups is 1. The maximum atomic E-state index is 11.1. The normalized spacial score (nSPS) is 20.2. The summed E-state index contributed by atoms with van der Waals surface area (Å²) >= 11 is 0. The Labute approximate surface area is 68.2 Å². The molecule has 0 amide bonds. The Bertz CT molecular complexity index is 183. The highest BCUT2D eigenvalue weighted by Crippen LogP contribution is 2.06. The smallest absolute Gasteiger partial charge is 0.132 e. The molecular weight excluding hydrogens is 136 g/mol. The van der Waals surface area contributed by atoms with E-state index < -0.39 is 0 Å². The third kappa shape index (κ3) is 3.83. The molecule has 0 bridgehead atoms. The Balaban J connectivity index is 2.33. The van der Waals surface area contributed by atoms with Crippen molar-refractivity contribution >= 4 is 5.78 Å². The average molecular weight is 150 g/mol. The second kappa shape index (κ2) is 4.96. The summed E-state index contributed by atoms with van der Waals surface area (Å²) in [6.45, 7) is 0. The van der Waals surface area contributed by atoms with Crippen LogP contribution < -0.4 is 0 Å². The van der Waals surface area contributed by atoms with Crippen molar-refractivity contribution in [1.29, 1.82) is 0 Å². The summed E-state index contributed by atoms with van der Waals surface area (Å²) in [6, 6.07) is 0. The van der Waals surface area contributed by atoms with Crippen molar-refractivity contribution in [2.75, 3.05) is 0 Å². The Morgan fingerprint density at radius 3 is 2.36 bits per heavy atom. The van der Waals surface area contributed by atoms with Gasteiger partial charge >= 0.3 is 0 Å². The van der Waals surface area contributed by atoms with Gasteiger partial charge in [-0.1, -0.05) is 0 Å². The summed E-state index contributed by atoms with van der Waals surface area (Å²) in [4.78, 5) is 11.1. The van der Waals surface area contributed by atoms with E-state index in [0.717, 1.165) is 44.9 Å². The highest BCUT2D eigenvalue weighted by Gasteiger charge is 2.01. The Kier molecular flexibility index (Phi) is 3.75. The predicted octanol–water partition coefficient (Wildman–Crippen LogP) is 2.30. The molecule has 0 saturated carbocycles. The number of Topliss-reactive ketones (excluding diaryl/α,β-unsaturated/α-hetero) is 1. The third-order valence-electron chi connectivity index (χ3n) is 1.89. The standard InChI is InChI=1S/C10H14O/c11-10-8-6-4-2-1-3-5-7-9-10/h2,4-9H2. The number of carbonyl (C=O) groups excluding carboxylic acids is 1. The van der Waals surface area contributed by atoms with Gasteiger partial charge in [-0.3, -0.25) is 4.79 Å². The molecule has 0 fully saturated rings. The van der Waals surface area contributed by atoms with Gasteiger partial charge in [0.15, 0.2) is 0 Å². The summed E-state index contributed by atoms with van der Waals surface area (Å²) in [6.07, 6.45) is 6.51. The van der Waals surface area contributed by atoms with Crippen LogP contribution in [0.25, 0.3) is 0 Å². The molecule has 1 aliphatic rings. The van der Waals surface area contributed by atoms with Crippen LogP contribution in [0.4, 0.5) is 0 Å². The molecule has 0 aromatic rings. The molecule has 60 valence electrons. The fourth-order valence-corrected chi connectivity index (χ4v) is 1.21. The summed E-state index contributed by atoms with van der Waals surface area (Å²) < 4.78 is 0. The predicted molar refractivity (Wildman–Crippen MR) is 45.1 cm³/mol. The van der Waals surface area contributed by atoms with Gasteiger partial charge in [-0.25, -0.2) is 0 Å². The fourth-order valence-electron chi connectivity index (χ4n) is 1.21. The van der Waals surface area contributed by atoms with Crippen molar-refractivity contribution in [2.45, 2.75) is 44.9 Å². The van der Waals surface area contributed by atoms with Gasteiger partial charge in [-0.15, -0.1) is 11.8 Å². The first-order valence-electron chi connectivity index (χ1n) is 4.37. The van der Waals surface area contributed by atoms with Crippen LogP contribution in [0.2, 0.25) is 0 Å². The number of hydrogen-bond donors (Lipinski definition) is 0. The maximum Gasteiger partial charge on any atom is 0.132 e. The highest BCUT2D eigenvalue weighted by molar-refractivity contribution is 5.78. The summed E-state index contributed by atoms with van der Waals surface area (Å²) in [5.74, 6) is 6.61. The first-order chi connectivity index (χ1) is 5.39. The van der Waals surface area contributed by atoms with Gasteiger partial charge in [0, 0.05) is 25.7 Å². The number of hydrogen-bond acceptors (Lipinski definition) is 1. The molecule has 0 heterocycles. The molecular formula is C10H14O. The Morgan fingerprint density at radius 2 is 1.55 bits per heavy atom. The van der Waals surface area contributed by atoms with Gasteiger partial charge < -0.3 is 0 Å². The lowest BCUT2D eigenvalue weighted by atomic mass is 10.1. The zero-order valence-electron chi connectivity index (χ0n) is 6.86. The number of ketones is 1. The monoisotopic (exact) mass is 150 g/mol. The summed E-state index contributed by atoms with van der Waals surface area (Å²) in [5.41, 5.74) is 0. The van der Waals surface area contributed by atoms with Crippen molar-refractivity contribution in [3.63, 3.8) is 0 Å². The fraction of sp³-hybridized carbons (Fsp3) is 0.700. The first kappa shape index (κ1) is 8.33. The zero-order chi connectivity index (χ0) is 7.94. The van der Waals surface area contributed by atoms with Gasteiger partial charge in [-0.05, 0) is 19.3 Å². The van der Waals surface area contributed by atoms with Crippen LogP contribution in [0.15, 0.2) is 0 Å². The van der Waals surface area contributed by atoms with E-state index in [1.54, 1.807) is 0 Å². The molecule has 0 spiro atoms. The molecule has 0 N–H and O–H groups in total. The second-order valence-electron chi connectivity index (χ2n) is 2.95. The van der Waals surface area contributed by atoms with Gasteiger partial charge in [-0.2, -0.15) is 0 Å². The van der Waals surface area contributed by atoms with E-state index in [1.807, 2.05) is 0 Å². The largest absolute Gasteiger partial charge is 0.300 e. The molecule has 0 aromatic carbocycles. The molecule has 1 aliphatic carbocycles. The maximum absolute atomic E-state index is 11.1. The molecule has 0 radical (unpaired) electrons.